The molecule has 0 aliphatic heterocycles. The van der Waals surface area contributed by atoms with Gasteiger partial charge in [-0.25, -0.2) is 0 Å². The Balaban J connectivity index is 2.25. The molecule has 0 heterocycles. The van der Waals surface area contributed by atoms with Gasteiger partial charge in [-0.2, -0.15) is 13.2 Å². The van der Waals surface area contributed by atoms with Gasteiger partial charge in [-0.3, -0.25) is 0 Å². The van der Waals surface area contributed by atoms with Crippen LogP contribution in [0.5, 0.6) is 0 Å². The van der Waals surface area contributed by atoms with Crippen LogP contribution < -0.4 is 0 Å². The molecule has 0 saturated carbocycles. The van der Waals surface area contributed by atoms with E-state index in [-0.39, 0.29) is 0 Å². The van der Waals surface area contributed by atoms with Crippen LogP contribution in [0.4, 0.5) is 13.2 Å². The minimum absolute atomic E-state index is 0.618. The molecule has 0 bridgehead atoms. The third kappa shape index (κ3) is 3.16. The minimum atomic E-state index is -4.28. The molecule has 0 aliphatic carbocycles. The molecule has 3 heteroatoms. The van der Waals surface area contributed by atoms with Crippen molar-refractivity contribution >= 4 is 0 Å². The fourth-order valence-corrected chi connectivity index (χ4v) is 1.88. The Morgan fingerprint density at radius 1 is 0.789 bits per heavy atom. The molecule has 0 atom stereocenters. The fourth-order valence-electron chi connectivity index (χ4n) is 1.88. The van der Waals surface area contributed by atoms with E-state index in [0.29, 0.717) is 0 Å². The van der Waals surface area contributed by atoms with Crippen molar-refractivity contribution in [3.05, 3.63) is 76.7 Å². The second-order valence-corrected chi connectivity index (χ2v) is 4.57. The molecule has 0 amide bonds. The van der Waals surface area contributed by atoms with E-state index in [1.807, 2.05) is 38.1 Å². The Labute approximate surface area is 110 Å². The van der Waals surface area contributed by atoms with Crippen LogP contribution in [0.1, 0.15) is 29.2 Å². The number of hydrogen-bond acceptors (Lipinski definition) is 0. The number of halogens is 3. The summed E-state index contributed by atoms with van der Waals surface area (Å²) in [7, 11) is 0. The molecule has 19 heavy (non-hydrogen) atoms. The molecule has 0 unspecified atom stereocenters. The predicted octanol–water partition coefficient (Wildman–Crippen LogP) is 5.00. The minimum Gasteiger partial charge on any atom is -0.166 e. The van der Waals surface area contributed by atoms with Crippen LogP contribution >= 0.6 is 0 Å². The van der Waals surface area contributed by atoms with Gasteiger partial charge in [-0.05, 0) is 30.2 Å². The lowest BCUT2D eigenvalue weighted by molar-refractivity contribution is -0.137. The van der Waals surface area contributed by atoms with Gasteiger partial charge in [0.2, 0.25) is 0 Å². The lowest BCUT2D eigenvalue weighted by Gasteiger charge is -2.13. The summed E-state index contributed by atoms with van der Waals surface area (Å²) in [5.74, 6) is 0.966. The Morgan fingerprint density at radius 3 is 1.63 bits per heavy atom. The van der Waals surface area contributed by atoms with Crippen LogP contribution in [0.2, 0.25) is 0 Å². The van der Waals surface area contributed by atoms with Crippen molar-refractivity contribution in [1.29, 1.82) is 0 Å². The van der Waals surface area contributed by atoms with E-state index in [0.717, 1.165) is 34.7 Å². The van der Waals surface area contributed by atoms with Gasteiger partial charge in [0.25, 0.3) is 0 Å². The predicted molar refractivity (Wildman–Crippen MR) is 69.7 cm³/mol. The van der Waals surface area contributed by atoms with Crippen LogP contribution in [-0.4, -0.2) is 0 Å². The summed E-state index contributed by atoms with van der Waals surface area (Å²) in [5.41, 5.74) is 2.36. The number of aryl methyl sites for hydroxylation is 1. The summed E-state index contributed by atoms with van der Waals surface area (Å²) in [5, 5.41) is 0. The standard InChI is InChI=1S/C16H14F3/c1-11-3-5-13(6-4-11)12(2)14-7-9-15(10-8-14)16(17,18)19/h3-10H,1-2H3. The monoisotopic (exact) mass is 263 g/mol. The van der Waals surface area contributed by atoms with Gasteiger partial charge < -0.3 is 0 Å². The van der Waals surface area contributed by atoms with Crippen LogP contribution in [-0.2, 0) is 6.18 Å². The number of rotatable bonds is 2. The van der Waals surface area contributed by atoms with Gasteiger partial charge in [0.1, 0.15) is 0 Å². The summed E-state index contributed by atoms with van der Waals surface area (Å²) < 4.78 is 37.4. The van der Waals surface area contributed by atoms with Crippen LogP contribution in [0.15, 0.2) is 48.5 Å². The zero-order valence-electron chi connectivity index (χ0n) is 10.8. The summed E-state index contributed by atoms with van der Waals surface area (Å²) in [4.78, 5) is 0. The topological polar surface area (TPSA) is 0 Å². The Kier molecular flexibility index (Phi) is 3.65. The SMILES string of the molecule is C[C](c1ccc(C)cc1)c1ccc(C(F)(F)F)cc1. The third-order valence-electron chi connectivity index (χ3n) is 3.13. The maximum absolute atomic E-state index is 12.5. The van der Waals surface area contributed by atoms with Crippen molar-refractivity contribution in [2.24, 2.45) is 0 Å². The van der Waals surface area contributed by atoms with E-state index >= 15 is 0 Å². The lowest BCUT2D eigenvalue weighted by Crippen LogP contribution is -2.05. The van der Waals surface area contributed by atoms with E-state index < -0.39 is 11.7 Å². The van der Waals surface area contributed by atoms with E-state index in [4.69, 9.17) is 0 Å². The molecule has 99 valence electrons. The smallest absolute Gasteiger partial charge is 0.166 e. The van der Waals surface area contributed by atoms with Crippen molar-refractivity contribution < 1.29 is 13.2 Å². The van der Waals surface area contributed by atoms with Crippen molar-refractivity contribution in [2.45, 2.75) is 20.0 Å². The average Bonchev–Trinajstić information content (AvgIpc) is 2.38. The van der Waals surface area contributed by atoms with E-state index in [2.05, 4.69) is 0 Å². The molecule has 0 spiro atoms. The summed E-state index contributed by atoms with van der Waals surface area (Å²) in [6, 6.07) is 13.2. The van der Waals surface area contributed by atoms with E-state index in [1.54, 1.807) is 0 Å². The van der Waals surface area contributed by atoms with Gasteiger partial charge in [0.05, 0.1) is 5.56 Å². The van der Waals surface area contributed by atoms with E-state index in [9.17, 15) is 13.2 Å². The molecule has 0 nitrogen and oxygen atoms in total. The van der Waals surface area contributed by atoms with Crippen molar-refractivity contribution in [1.82, 2.24) is 0 Å². The Bertz CT molecular complexity index is 536. The van der Waals surface area contributed by atoms with Crippen LogP contribution in [0.25, 0.3) is 0 Å². The Hall–Kier alpha value is -1.77. The van der Waals surface area contributed by atoms with Crippen LogP contribution in [0, 0.1) is 12.8 Å². The normalized spacial score (nSPS) is 11.9. The molecule has 2 aromatic carbocycles. The van der Waals surface area contributed by atoms with Crippen LogP contribution in [0.3, 0.4) is 0 Å². The highest BCUT2D eigenvalue weighted by Gasteiger charge is 2.30. The molecule has 0 aromatic heterocycles. The molecule has 0 fully saturated rings. The summed E-state index contributed by atoms with van der Waals surface area (Å²) in [6.45, 7) is 3.91. The molecule has 1 radical (unpaired) electrons. The van der Waals surface area contributed by atoms with Crippen molar-refractivity contribution in [2.75, 3.05) is 0 Å². The Morgan fingerprint density at radius 2 is 1.21 bits per heavy atom. The molecular weight excluding hydrogens is 249 g/mol. The highest BCUT2D eigenvalue weighted by molar-refractivity contribution is 5.45. The molecule has 0 N–H and O–H groups in total. The van der Waals surface area contributed by atoms with Crippen molar-refractivity contribution in [3.8, 4) is 0 Å². The first-order chi connectivity index (χ1) is 8.88. The second-order valence-electron chi connectivity index (χ2n) is 4.57. The van der Waals surface area contributed by atoms with Gasteiger partial charge in [-0.1, -0.05) is 48.9 Å². The van der Waals surface area contributed by atoms with Gasteiger partial charge in [0, 0.05) is 5.92 Å². The zero-order chi connectivity index (χ0) is 14.0. The first-order valence-electron chi connectivity index (χ1n) is 5.96. The first-order valence-corrected chi connectivity index (χ1v) is 5.96. The van der Waals surface area contributed by atoms with Gasteiger partial charge in [-0.15, -0.1) is 0 Å². The lowest BCUT2D eigenvalue weighted by atomic mass is 9.92. The van der Waals surface area contributed by atoms with E-state index in [1.165, 1.54) is 12.1 Å². The fraction of sp³-hybridized carbons (Fsp3) is 0.188. The number of alkyl halides is 3. The summed E-state index contributed by atoms with van der Waals surface area (Å²) >= 11 is 0. The zero-order valence-corrected chi connectivity index (χ0v) is 10.8. The highest BCUT2D eigenvalue weighted by atomic mass is 19.4. The molecular formula is C16H14F3. The maximum atomic E-state index is 12.5. The molecule has 0 saturated heterocycles. The molecule has 2 rings (SSSR count). The van der Waals surface area contributed by atoms with Crippen molar-refractivity contribution in [3.63, 3.8) is 0 Å². The largest absolute Gasteiger partial charge is 0.416 e. The number of benzene rings is 2. The highest BCUT2D eigenvalue weighted by Crippen LogP contribution is 2.31. The average molecular weight is 263 g/mol. The first kappa shape index (κ1) is 13.7. The number of hydrogen-bond donors (Lipinski definition) is 0. The molecule has 2 aromatic rings. The quantitative estimate of drug-likeness (QED) is 0.714. The van der Waals surface area contributed by atoms with Gasteiger partial charge in [0.15, 0.2) is 0 Å². The maximum Gasteiger partial charge on any atom is 0.416 e. The third-order valence-corrected chi connectivity index (χ3v) is 3.13. The summed E-state index contributed by atoms with van der Waals surface area (Å²) in [6.07, 6.45) is -4.28. The van der Waals surface area contributed by atoms with Gasteiger partial charge >= 0.3 is 6.18 Å². The molecule has 0 aliphatic rings. The second kappa shape index (κ2) is 5.08.